The topological polar surface area (TPSA) is 42.1 Å². The van der Waals surface area contributed by atoms with Gasteiger partial charge in [0.2, 0.25) is 0 Å². The first-order valence-corrected chi connectivity index (χ1v) is 6.03. The highest BCUT2D eigenvalue weighted by Crippen LogP contribution is 2.24. The molecule has 2 N–H and O–H groups in total. The Morgan fingerprint density at radius 1 is 1.22 bits per heavy atom. The zero-order valence-electron chi connectivity index (χ0n) is 11.1. The van der Waals surface area contributed by atoms with Crippen molar-refractivity contribution in [2.75, 3.05) is 19.0 Å². The minimum atomic E-state index is -0.126. The number of aromatic nitrogens is 1. The van der Waals surface area contributed by atoms with Crippen LogP contribution in [0.1, 0.15) is 22.7 Å². The standard InChI is InChI=1S/C15H19N3/c1-11-7-8-17-10-14(11)15(16)12-5-4-6-13(9-12)18(2)3/h4-10,15H,16H2,1-3H3. The van der Waals surface area contributed by atoms with E-state index < -0.39 is 0 Å². The van der Waals surface area contributed by atoms with Gasteiger partial charge < -0.3 is 10.6 Å². The van der Waals surface area contributed by atoms with Gasteiger partial charge in [0.25, 0.3) is 0 Å². The van der Waals surface area contributed by atoms with Crippen LogP contribution in [-0.4, -0.2) is 19.1 Å². The molecule has 0 bridgehead atoms. The third kappa shape index (κ3) is 2.51. The lowest BCUT2D eigenvalue weighted by Crippen LogP contribution is -2.15. The molecule has 0 aliphatic heterocycles. The molecule has 0 aliphatic carbocycles. The summed E-state index contributed by atoms with van der Waals surface area (Å²) in [5.41, 5.74) is 10.8. The number of pyridine rings is 1. The Balaban J connectivity index is 2.37. The second-order valence-corrected chi connectivity index (χ2v) is 4.70. The number of aryl methyl sites for hydroxylation is 1. The highest BCUT2D eigenvalue weighted by Gasteiger charge is 2.12. The maximum Gasteiger partial charge on any atom is 0.0570 e. The zero-order valence-corrected chi connectivity index (χ0v) is 11.1. The summed E-state index contributed by atoms with van der Waals surface area (Å²) in [7, 11) is 4.06. The Bertz CT molecular complexity index is 535. The summed E-state index contributed by atoms with van der Waals surface area (Å²) in [6.07, 6.45) is 3.64. The van der Waals surface area contributed by atoms with E-state index in [1.54, 1.807) is 6.20 Å². The SMILES string of the molecule is Cc1ccncc1C(N)c1cccc(N(C)C)c1. The van der Waals surface area contributed by atoms with Gasteiger partial charge in [-0.15, -0.1) is 0 Å². The first-order chi connectivity index (χ1) is 8.59. The Hall–Kier alpha value is -1.87. The van der Waals surface area contributed by atoms with Crippen molar-refractivity contribution in [3.8, 4) is 0 Å². The van der Waals surface area contributed by atoms with E-state index in [0.717, 1.165) is 16.8 Å². The van der Waals surface area contributed by atoms with Crippen LogP contribution >= 0.6 is 0 Å². The molecular formula is C15H19N3. The molecule has 94 valence electrons. The molecule has 1 aromatic heterocycles. The molecule has 1 unspecified atom stereocenters. The molecule has 1 atom stereocenters. The van der Waals surface area contributed by atoms with E-state index in [1.807, 2.05) is 32.4 Å². The van der Waals surface area contributed by atoms with Crippen molar-refractivity contribution in [2.24, 2.45) is 5.73 Å². The lowest BCUT2D eigenvalue weighted by molar-refractivity contribution is 0.851. The lowest BCUT2D eigenvalue weighted by Gasteiger charge is -2.18. The van der Waals surface area contributed by atoms with Gasteiger partial charge in [-0.2, -0.15) is 0 Å². The molecule has 2 rings (SSSR count). The molecule has 0 amide bonds. The number of anilines is 1. The average Bonchev–Trinajstić information content (AvgIpc) is 2.38. The molecule has 0 radical (unpaired) electrons. The summed E-state index contributed by atoms with van der Waals surface area (Å²) in [5, 5.41) is 0. The van der Waals surface area contributed by atoms with E-state index in [1.165, 1.54) is 5.56 Å². The van der Waals surface area contributed by atoms with E-state index in [2.05, 4.69) is 35.0 Å². The number of hydrogen-bond donors (Lipinski definition) is 1. The highest BCUT2D eigenvalue weighted by molar-refractivity contribution is 5.49. The van der Waals surface area contributed by atoms with E-state index in [4.69, 9.17) is 5.73 Å². The minimum absolute atomic E-state index is 0.126. The maximum absolute atomic E-state index is 6.33. The van der Waals surface area contributed by atoms with Gasteiger partial charge in [0.1, 0.15) is 0 Å². The normalized spacial score (nSPS) is 12.2. The van der Waals surface area contributed by atoms with Crippen molar-refractivity contribution >= 4 is 5.69 Å². The number of rotatable bonds is 3. The predicted molar refractivity (Wildman–Crippen MR) is 75.8 cm³/mol. The fourth-order valence-corrected chi connectivity index (χ4v) is 1.98. The number of nitrogens with zero attached hydrogens (tertiary/aromatic N) is 2. The van der Waals surface area contributed by atoms with Crippen LogP contribution in [-0.2, 0) is 0 Å². The van der Waals surface area contributed by atoms with E-state index in [0.29, 0.717) is 0 Å². The molecule has 0 spiro atoms. The van der Waals surface area contributed by atoms with Gasteiger partial charge in [-0.05, 0) is 41.8 Å². The maximum atomic E-state index is 6.33. The van der Waals surface area contributed by atoms with Crippen molar-refractivity contribution in [3.63, 3.8) is 0 Å². The van der Waals surface area contributed by atoms with Gasteiger partial charge in [0.15, 0.2) is 0 Å². The zero-order chi connectivity index (χ0) is 13.1. The Kier molecular flexibility index (Phi) is 3.63. The highest BCUT2D eigenvalue weighted by atomic mass is 15.1. The van der Waals surface area contributed by atoms with Crippen LogP contribution in [0.25, 0.3) is 0 Å². The van der Waals surface area contributed by atoms with Crippen LogP contribution in [0.3, 0.4) is 0 Å². The summed E-state index contributed by atoms with van der Waals surface area (Å²) in [5.74, 6) is 0. The van der Waals surface area contributed by atoms with Gasteiger partial charge in [-0.25, -0.2) is 0 Å². The Morgan fingerprint density at radius 2 is 2.00 bits per heavy atom. The van der Waals surface area contributed by atoms with Crippen molar-refractivity contribution in [3.05, 3.63) is 59.4 Å². The first kappa shape index (κ1) is 12.6. The van der Waals surface area contributed by atoms with E-state index >= 15 is 0 Å². The predicted octanol–water partition coefficient (Wildman–Crippen LogP) is 2.50. The third-order valence-electron chi connectivity index (χ3n) is 3.16. The average molecular weight is 241 g/mol. The van der Waals surface area contributed by atoms with Crippen LogP contribution in [0.15, 0.2) is 42.7 Å². The molecule has 3 heteroatoms. The molecule has 1 heterocycles. The lowest BCUT2D eigenvalue weighted by atomic mass is 9.97. The van der Waals surface area contributed by atoms with Crippen LogP contribution < -0.4 is 10.6 Å². The molecule has 0 saturated carbocycles. The van der Waals surface area contributed by atoms with E-state index in [9.17, 15) is 0 Å². The number of benzene rings is 1. The molecule has 2 aromatic rings. The monoisotopic (exact) mass is 241 g/mol. The van der Waals surface area contributed by atoms with Gasteiger partial charge in [-0.1, -0.05) is 12.1 Å². The largest absolute Gasteiger partial charge is 0.378 e. The number of nitrogens with two attached hydrogens (primary N) is 1. The molecule has 0 saturated heterocycles. The second-order valence-electron chi connectivity index (χ2n) is 4.70. The summed E-state index contributed by atoms with van der Waals surface area (Å²) >= 11 is 0. The van der Waals surface area contributed by atoms with Crippen molar-refractivity contribution in [2.45, 2.75) is 13.0 Å². The van der Waals surface area contributed by atoms with Crippen LogP contribution in [0.5, 0.6) is 0 Å². The smallest absolute Gasteiger partial charge is 0.0570 e. The van der Waals surface area contributed by atoms with Crippen LogP contribution in [0.2, 0.25) is 0 Å². The van der Waals surface area contributed by atoms with Crippen LogP contribution in [0.4, 0.5) is 5.69 Å². The summed E-state index contributed by atoms with van der Waals surface area (Å²) in [6, 6.07) is 10.2. The van der Waals surface area contributed by atoms with Crippen molar-refractivity contribution < 1.29 is 0 Å². The molecular weight excluding hydrogens is 222 g/mol. The van der Waals surface area contributed by atoms with Gasteiger partial charge in [0.05, 0.1) is 6.04 Å². The molecule has 18 heavy (non-hydrogen) atoms. The van der Waals surface area contributed by atoms with Gasteiger partial charge in [-0.3, -0.25) is 4.98 Å². The summed E-state index contributed by atoms with van der Waals surface area (Å²) in [6.45, 7) is 2.06. The Morgan fingerprint density at radius 3 is 2.67 bits per heavy atom. The molecule has 1 aromatic carbocycles. The fraction of sp³-hybridized carbons (Fsp3) is 0.267. The summed E-state index contributed by atoms with van der Waals surface area (Å²) < 4.78 is 0. The van der Waals surface area contributed by atoms with Gasteiger partial charge in [0, 0.05) is 32.2 Å². The molecule has 0 fully saturated rings. The minimum Gasteiger partial charge on any atom is -0.378 e. The molecule has 3 nitrogen and oxygen atoms in total. The quantitative estimate of drug-likeness (QED) is 0.897. The van der Waals surface area contributed by atoms with Crippen molar-refractivity contribution in [1.29, 1.82) is 0 Å². The molecule has 0 aliphatic rings. The van der Waals surface area contributed by atoms with E-state index in [-0.39, 0.29) is 6.04 Å². The van der Waals surface area contributed by atoms with Crippen molar-refractivity contribution in [1.82, 2.24) is 4.98 Å². The first-order valence-electron chi connectivity index (χ1n) is 6.03. The summed E-state index contributed by atoms with van der Waals surface area (Å²) in [4.78, 5) is 6.23. The fourth-order valence-electron chi connectivity index (χ4n) is 1.98. The second kappa shape index (κ2) is 5.19. The van der Waals surface area contributed by atoms with Gasteiger partial charge >= 0.3 is 0 Å². The number of hydrogen-bond acceptors (Lipinski definition) is 3. The van der Waals surface area contributed by atoms with Crippen LogP contribution in [0, 0.1) is 6.92 Å². The Labute approximate surface area is 108 Å². The third-order valence-corrected chi connectivity index (χ3v) is 3.16.